The molecule has 0 N–H and O–H groups in total. The van der Waals surface area contributed by atoms with Gasteiger partial charge in [0.2, 0.25) is 0 Å². The van der Waals surface area contributed by atoms with Crippen LogP contribution in [0.4, 0.5) is 0 Å². The van der Waals surface area contributed by atoms with Crippen molar-refractivity contribution in [2.45, 2.75) is 64.7 Å². The lowest BCUT2D eigenvalue weighted by Crippen LogP contribution is -2.30. The Morgan fingerprint density at radius 2 is 1.47 bits per heavy atom. The zero-order valence-electron chi connectivity index (χ0n) is 12.0. The predicted octanol–water partition coefficient (Wildman–Crippen LogP) is 4.32. The third-order valence-corrected chi connectivity index (χ3v) is 5.20. The highest BCUT2D eigenvalue weighted by Crippen LogP contribution is 2.32. The van der Waals surface area contributed by atoms with E-state index in [1.165, 1.54) is 70.9 Å². The lowest BCUT2D eigenvalue weighted by Gasteiger charge is -2.29. The van der Waals surface area contributed by atoms with Gasteiger partial charge in [0.05, 0.1) is 0 Å². The topological polar surface area (TPSA) is 3.24 Å². The van der Waals surface area contributed by atoms with Crippen molar-refractivity contribution in [1.82, 2.24) is 4.90 Å². The molecule has 2 atom stereocenters. The second-order valence-electron chi connectivity index (χ2n) is 6.80. The molecule has 1 heterocycles. The first kappa shape index (κ1) is 13.4. The van der Waals surface area contributed by atoms with E-state index in [1.54, 1.807) is 0 Å². The second-order valence-corrected chi connectivity index (χ2v) is 6.80. The lowest BCUT2D eigenvalue weighted by molar-refractivity contribution is 0.202. The number of piperidine rings is 1. The smallest absolute Gasteiger partial charge is 0.00191 e. The Bertz CT molecular complexity index is 206. The summed E-state index contributed by atoms with van der Waals surface area (Å²) >= 11 is 0. The summed E-state index contributed by atoms with van der Waals surface area (Å²) in [5, 5.41) is 0. The Hall–Kier alpha value is -0.0400. The molecule has 1 nitrogen and oxygen atoms in total. The van der Waals surface area contributed by atoms with Crippen molar-refractivity contribution in [2.24, 2.45) is 17.8 Å². The Morgan fingerprint density at radius 3 is 2.18 bits per heavy atom. The van der Waals surface area contributed by atoms with Gasteiger partial charge >= 0.3 is 0 Å². The molecule has 17 heavy (non-hydrogen) atoms. The lowest BCUT2D eigenvalue weighted by atomic mass is 9.86. The van der Waals surface area contributed by atoms with E-state index in [0.717, 1.165) is 17.8 Å². The molecule has 1 saturated heterocycles. The number of hydrogen-bond donors (Lipinski definition) is 0. The minimum Gasteiger partial charge on any atom is -0.306 e. The fourth-order valence-corrected chi connectivity index (χ4v) is 3.67. The van der Waals surface area contributed by atoms with Crippen LogP contribution in [-0.4, -0.2) is 25.0 Å². The molecular weight excluding hydrogens is 206 g/mol. The number of rotatable bonds is 3. The summed E-state index contributed by atoms with van der Waals surface area (Å²) in [6.07, 6.45) is 13.5. The summed E-state index contributed by atoms with van der Waals surface area (Å²) in [4.78, 5) is 2.49. The SMILES string of the molecule is C[C@@H]1CCCC(CCC2CCN(C)CC2)CC1. The van der Waals surface area contributed by atoms with E-state index < -0.39 is 0 Å². The van der Waals surface area contributed by atoms with Crippen molar-refractivity contribution in [3.63, 3.8) is 0 Å². The Balaban J connectivity index is 1.64. The van der Waals surface area contributed by atoms with Gasteiger partial charge in [0, 0.05) is 0 Å². The normalized spacial score (nSPS) is 33.5. The van der Waals surface area contributed by atoms with E-state index >= 15 is 0 Å². The van der Waals surface area contributed by atoms with Gasteiger partial charge in [0.15, 0.2) is 0 Å². The van der Waals surface area contributed by atoms with Gasteiger partial charge in [-0.3, -0.25) is 0 Å². The van der Waals surface area contributed by atoms with E-state index in [0.29, 0.717) is 0 Å². The molecule has 1 aliphatic carbocycles. The van der Waals surface area contributed by atoms with Gasteiger partial charge in [0.1, 0.15) is 0 Å². The summed E-state index contributed by atoms with van der Waals surface area (Å²) in [7, 11) is 2.27. The molecule has 1 unspecified atom stereocenters. The van der Waals surface area contributed by atoms with E-state index in [-0.39, 0.29) is 0 Å². The Kier molecular flexibility index (Phi) is 5.34. The molecule has 0 spiro atoms. The highest BCUT2D eigenvalue weighted by Gasteiger charge is 2.20. The maximum Gasteiger partial charge on any atom is -0.00191 e. The van der Waals surface area contributed by atoms with Crippen molar-refractivity contribution in [2.75, 3.05) is 20.1 Å². The van der Waals surface area contributed by atoms with Crippen LogP contribution in [-0.2, 0) is 0 Å². The van der Waals surface area contributed by atoms with Crippen molar-refractivity contribution in [3.05, 3.63) is 0 Å². The molecule has 2 aliphatic rings. The highest BCUT2D eigenvalue weighted by atomic mass is 15.1. The quantitative estimate of drug-likeness (QED) is 0.661. The Morgan fingerprint density at radius 1 is 0.824 bits per heavy atom. The predicted molar refractivity (Wildman–Crippen MR) is 75.2 cm³/mol. The van der Waals surface area contributed by atoms with Crippen molar-refractivity contribution in [3.8, 4) is 0 Å². The molecule has 2 rings (SSSR count). The van der Waals surface area contributed by atoms with E-state index in [2.05, 4.69) is 18.9 Å². The third-order valence-electron chi connectivity index (χ3n) is 5.20. The summed E-state index contributed by atoms with van der Waals surface area (Å²) in [5.41, 5.74) is 0. The van der Waals surface area contributed by atoms with Crippen molar-refractivity contribution >= 4 is 0 Å². The van der Waals surface area contributed by atoms with Crippen molar-refractivity contribution in [1.29, 1.82) is 0 Å². The molecule has 2 fully saturated rings. The average Bonchev–Trinajstić information content (AvgIpc) is 2.54. The zero-order chi connectivity index (χ0) is 12.1. The molecule has 100 valence electrons. The van der Waals surface area contributed by atoms with Gasteiger partial charge in [-0.1, -0.05) is 51.9 Å². The van der Waals surface area contributed by atoms with Gasteiger partial charge in [-0.15, -0.1) is 0 Å². The van der Waals surface area contributed by atoms with Crippen LogP contribution >= 0.6 is 0 Å². The van der Waals surface area contributed by atoms with Crippen LogP contribution in [0, 0.1) is 17.8 Å². The summed E-state index contributed by atoms with van der Waals surface area (Å²) in [6, 6.07) is 0. The minimum absolute atomic E-state index is 1.00. The number of likely N-dealkylation sites (tertiary alicyclic amines) is 1. The summed E-state index contributed by atoms with van der Waals surface area (Å²) < 4.78 is 0. The molecule has 0 radical (unpaired) electrons. The zero-order valence-corrected chi connectivity index (χ0v) is 12.0. The maximum absolute atomic E-state index is 2.49. The standard InChI is InChI=1S/C16H31N/c1-14-4-3-5-15(7-6-14)8-9-16-10-12-17(2)13-11-16/h14-16H,3-13H2,1-2H3/t14-,15?/m1/s1. The fourth-order valence-electron chi connectivity index (χ4n) is 3.67. The van der Waals surface area contributed by atoms with Gasteiger partial charge in [-0.05, 0) is 50.7 Å². The van der Waals surface area contributed by atoms with Crippen LogP contribution in [0.15, 0.2) is 0 Å². The van der Waals surface area contributed by atoms with Gasteiger partial charge < -0.3 is 4.90 Å². The van der Waals surface area contributed by atoms with Gasteiger partial charge in [0.25, 0.3) is 0 Å². The van der Waals surface area contributed by atoms with E-state index in [9.17, 15) is 0 Å². The number of nitrogens with zero attached hydrogens (tertiary/aromatic N) is 1. The monoisotopic (exact) mass is 237 g/mol. The van der Waals surface area contributed by atoms with Gasteiger partial charge in [-0.2, -0.15) is 0 Å². The highest BCUT2D eigenvalue weighted by molar-refractivity contribution is 4.73. The largest absolute Gasteiger partial charge is 0.306 e. The first-order valence-corrected chi connectivity index (χ1v) is 7.92. The minimum atomic E-state index is 1.00. The van der Waals surface area contributed by atoms with Crippen LogP contribution in [0.3, 0.4) is 0 Å². The van der Waals surface area contributed by atoms with Crippen LogP contribution in [0.25, 0.3) is 0 Å². The number of hydrogen-bond acceptors (Lipinski definition) is 1. The van der Waals surface area contributed by atoms with Crippen LogP contribution in [0.5, 0.6) is 0 Å². The Labute approximate surface area is 108 Å². The third kappa shape index (κ3) is 4.62. The summed E-state index contributed by atoms with van der Waals surface area (Å²) in [5.74, 6) is 3.12. The second kappa shape index (κ2) is 6.78. The molecule has 1 saturated carbocycles. The van der Waals surface area contributed by atoms with E-state index in [1.807, 2.05) is 0 Å². The van der Waals surface area contributed by atoms with Gasteiger partial charge in [-0.25, -0.2) is 0 Å². The van der Waals surface area contributed by atoms with Crippen LogP contribution < -0.4 is 0 Å². The molecule has 1 heteroatoms. The summed E-state index contributed by atoms with van der Waals surface area (Å²) in [6.45, 7) is 5.12. The molecule has 0 aromatic heterocycles. The van der Waals surface area contributed by atoms with E-state index in [4.69, 9.17) is 0 Å². The fraction of sp³-hybridized carbons (Fsp3) is 1.00. The van der Waals surface area contributed by atoms with Crippen molar-refractivity contribution < 1.29 is 0 Å². The molecule has 0 aromatic carbocycles. The van der Waals surface area contributed by atoms with Crippen LogP contribution in [0.2, 0.25) is 0 Å². The molecule has 0 bridgehead atoms. The maximum atomic E-state index is 2.49. The molecule has 0 aromatic rings. The molecule has 0 amide bonds. The van der Waals surface area contributed by atoms with Crippen LogP contribution in [0.1, 0.15) is 64.7 Å². The molecule has 1 aliphatic heterocycles. The first-order chi connectivity index (χ1) is 8.24. The average molecular weight is 237 g/mol. The molecular formula is C16H31N. The first-order valence-electron chi connectivity index (χ1n) is 7.92.